The minimum Gasteiger partial charge on any atom is -0.494 e. The first-order valence-corrected chi connectivity index (χ1v) is 8.51. The van der Waals surface area contributed by atoms with Crippen molar-refractivity contribution in [2.75, 3.05) is 25.0 Å². The van der Waals surface area contributed by atoms with Gasteiger partial charge in [-0.1, -0.05) is 35.9 Å². The van der Waals surface area contributed by atoms with Crippen molar-refractivity contribution >= 4 is 11.7 Å². The average Bonchev–Trinajstić information content (AvgIpc) is 3.07. The second kappa shape index (κ2) is 7.86. The highest BCUT2D eigenvalue weighted by molar-refractivity contribution is 5.89. The van der Waals surface area contributed by atoms with Gasteiger partial charge >= 0.3 is 6.03 Å². The molecule has 1 fully saturated rings. The van der Waals surface area contributed by atoms with Crippen LogP contribution < -0.4 is 10.1 Å². The van der Waals surface area contributed by atoms with E-state index >= 15 is 0 Å². The Morgan fingerprint density at radius 3 is 2.67 bits per heavy atom. The average molecular weight is 324 g/mol. The number of aryl methyl sites for hydroxylation is 1. The van der Waals surface area contributed by atoms with Gasteiger partial charge in [0.2, 0.25) is 0 Å². The lowest BCUT2D eigenvalue weighted by atomic mass is 10.1. The predicted octanol–water partition coefficient (Wildman–Crippen LogP) is 4.32. The molecular weight excluding hydrogens is 300 g/mol. The maximum Gasteiger partial charge on any atom is 0.321 e. The van der Waals surface area contributed by atoms with E-state index in [1.807, 2.05) is 47.4 Å². The first-order chi connectivity index (χ1) is 11.7. The molecule has 0 aliphatic carbocycles. The van der Waals surface area contributed by atoms with Crippen molar-refractivity contribution in [1.82, 2.24) is 4.90 Å². The van der Waals surface area contributed by atoms with Gasteiger partial charge in [0.15, 0.2) is 0 Å². The molecule has 1 N–H and O–H groups in total. The highest BCUT2D eigenvalue weighted by Gasteiger charge is 2.26. The quantitative estimate of drug-likeness (QED) is 0.890. The number of para-hydroxylation sites is 1. The third-order valence-electron chi connectivity index (χ3n) is 4.41. The molecule has 126 valence electrons. The second-order valence-corrected chi connectivity index (χ2v) is 6.35. The number of ether oxygens (including phenoxy) is 1. The molecule has 2 aromatic carbocycles. The van der Waals surface area contributed by atoms with Gasteiger partial charge in [-0.3, -0.25) is 0 Å². The zero-order valence-corrected chi connectivity index (χ0v) is 14.1. The molecule has 0 bridgehead atoms. The highest BCUT2D eigenvalue weighted by Crippen LogP contribution is 2.21. The molecular formula is C20H24N2O2. The summed E-state index contributed by atoms with van der Waals surface area (Å²) in [6.07, 6.45) is 2.02. The molecule has 2 aromatic rings. The standard InChI is InChI=1S/C20H24N2O2/c1-16-7-9-19(10-8-16)24-14-12-17-11-13-22(15-17)20(23)21-18-5-3-2-4-6-18/h2-10,17H,11-15H2,1H3,(H,21,23). The summed E-state index contributed by atoms with van der Waals surface area (Å²) in [5.74, 6) is 1.43. The lowest BCUT2D eigenvalue weighted by molar-refractivity contribution is 0.218. The maximum absolute atomic E-state index is 12.3. The largest absolute Gasteiger partial charge is 0.494 e. The van der Waals surface area contributed by atoms with E-state index in [9.17, 15) is 4.79 Å². The van der Waals surface area contributed by atoms with Crippen molar-refractivity contribution in [2.24, 2.45) is 5.92 Å². The molecule has 1 atom stereocenters. The van der Waals surface area contributed by atoms with Gasteiger partial charge in [-0.25, -0.2) is 4.79 Å². The summed E-state index contributed by atoms with van der Waals surface area (Å²) in [5.41, 5.74) is 2.08. The summed E-state index contributed by atoms with van der Waals surface area (Å²) < 4.78 is 5.80. The number of rotatable bonds is 5. The summed E-state index contributed by atoms with van der Waals surface area (Å²) in [7, 11) is 0. The van der Waals surface area contributed by atoms with E-state index in [4.69, 9.17) is 4.74 Å². The number of nitrogens with zero attached hydrogens (tertiary/aromatic N) is 1. The molecule has 0 radical (unpaired) electrons. The Morgan fingerprint density at radius 2 is 1.92 bits per heavy atom. The lowest BCUT2D eigenvalue weighted by Crippen LogP contribution is -2.33. The van der Waals surface area contributed by atoms with E-state index in [-0.39, 0.29) is 6.03 Å². The molecule has 4 heteroatoms. The summed E-state index contributed by atoms with van der Waals surface area (Å²) in [5, 5.41) is 2.95. The first-order valence-electron chi connectivity index (χ1n) is 8.51. The van der Waals surface area contributed by atoms with Gasteiger partial charge in [-0.05, 0) is 49.9 Å². The van der Waals surface area contributed by atoms with Gasteiger partial charge in [-0.15, -0.1) is 0 Å². The number of nitrogens with one attached hydrogen (secondary N) is 1. The number of urea groups is 1. The number of benzene rings is 2. The third kappa shape index (κ3) is 4.51. The van der Waals surface area contributed by atoms with Crippen LogP contribution in [0, 0.1) is 12.8 Å². The zero-order valence-electron chi connectivity index (χ0n) is 14.1. The Bertz CT molecular complexity index is 655. The maximum atomic E-state index is 12.3. The number of carbonyl (C=O) groups excluding carboxylic acids is 1. The molecule has 0 saturated carbocycles. The van der Waals surface area contributed by atoms with E-state index in [2.05, 4.69) is 24.4 Å². The van der Waals surface area contributed by atoms with Gasteiger partial charge in [-0.2, -0.15) is 0 Å². The van der Waals surface area contributed by atoms with Crippen LogP contribution in [0.2, 0.25) is 0 Å². The molecule has 2 amide bonds. The summed E-state index contributed by atoms with van der Waals surface area (Å²) in [4.78, 5) is 14.2. The van der Waals surface area contributed by atoms with E-state index in [0.29, 0.717) is 12.5 Å². The van der Waals surface area contributed by atoms with Crippen molar-refractivity contribution in [1.29, 1.82) is 0 Å². The predicted molar refractivity (Wildman–Crippen MR) is 96.4 cm³/mol. The van der Waals surface area contributed by atoms with Crippen LogP contribution in [0.3, 0.4) is 0 Å². The minimum atomic E-state index is -0.0110. The summed E-state index contributed by atoms with van der Waals surface area (Å²) in [6.45, 7) is 4.38. The molecule has 1 aliphatic rings. The Labute approximate surface area is 143 Å². The molecule has 24 heavy (non-hydrogen) atoms. The number of carbonyl (C=O) groups is 1. The van der Waals surface area contributed by atoms with E-state index in [1.165, 1.54) is 5.56 Å². The van der Waals surface area contributed by atoms with Gasteiger partial charge < -0.3 is 15.0 Å². The molecule has 4 nitrogen and oxygen atoms in total. The summed E-state index contributed by atoms with van der Waals surface area (Å²) in [6, 6.07) is 17.7. The SMILES string of the molecule is Cc1ccc(OCCC2CCN(C(=O)Nc3ccccc3)C2)cc1. The third-order valence-corrected chi connectivity index (χ3v) is 4.41. The highest BCUT2D eigenvalue weighted by atomic mass is 16.5. The van der Waals surface area contributed by atoms with Gasteiger partial charge in [0.05, 0.1) is 6.61 Å². The minimum absolute atomic E-state index is 0.0110. The zero-order chi connectivity index (χ0) is 16.8. The molecule has 3 rings (SSSR count). The Morgan fingerprint density at radius 1 is 1.17 bits per heavy atom. The van der Waals surface area contributed by atoms with E-state index in [1.54, 1.807) is 0 Å². The number of likely N-dealkylation sites (tertiary alicyclic amines) is 1. The molecule has 1 aliphatic heterocycles. The Balaban J connectivity index is 1.40. The monoisotopic (exact) mass is 324 g/mol. The number of anilines is 1. The fourth-order valence-electron chi connectivity index (χ4n) is 2.95. The van der Waals surface area contributed by atoms with Gasteiger partial charge in [0, 0.05) is 18.8 Å². The fraction of sp³-hybridized carbons (Fsp3) is 0.350. The first kappa shape index (κ1) is 16.4. The Kier molecular flexibility index (Phi) is 5.36. The topological polar surface area (TPSA) is 41.6 Å². The van der Waals surface area contributed by atoms with Crippen LogP contribution in [0.25, 0.3) is 0 Å². The number of hydrogen-bond acceptors (Lipinski definition) is 2. The van der Waals surface area contributed by atoms with Gasteiger partial charge in [0.25, 0.3) is 0 Å². The second-order valence-electron chi connectivity index (χ2n) is 6.35. The van der Waals surface area contributed by atoms with Crippen LogP contribution in [0.5, 0.6) is 5.75 Å². The van der Waals surface area contributed by atoms with Crippen molar-refractivity contribution in [2.45, 2.75) is 19.8 Å². The van der Waals surface area contributed by atoms with Crippen LogP contribution in [-0.2, 0) is 0 Å². The molecule has 1 heterocycles. The molecule has 1 saturated heterocycles. The fourth-order valence-corrected chi connectivity index (χ4v) is 2.95. The number of hydrogen-bond donors (Lipinski definition) is 1. The normalized spacial score (nSPS) is 16.9. The van der Waals surface area contributed by atoms with Crippen molar-refractivity contribution in [3.05, 3.63) is 60.2 Å². The van der Waals surface area contributed by atoms with E-state index < -0.39 is 0 Å². The van der Waals surface area contributed by atoms with E-state index in [0.717, 1.165) is 37.4 Å². The van der Waals surface area contributed by atoms with Gasteiger partial charge in [0.1, 0.15) is 5.75 Å². The molecule has 1 unspecified atom stereocenters. The van der Waals surface area contributed by atoms with Crippen LogP contribution in [0.4, 0.5) is 10.5 Å². The van der Waals surface area contributed by atoms with Crippen molar-refractivity contribution < 1.29 is 9.53 Å². The Hall–Kier alpha value is -2.49. The summed E-state index contributed by atoms with van der Waals surface area (Å²) >= 11 is 0. The lowest BCUT2D eigenvalue weighted by Gasteiger charge is -2.17. The van der Waals surface area contributed by atoms with Crippen LogP contribution in [-0.4, -0.2) is 30.6 Å². The number of amides is 2. The molecule has 0 aromatic heterocycles. The van der Waals surface area contributed by atoms with Crippen LogP contribution >= 0.6 is 0 Å². The van der Waals surface area contributed by atoms with Crippen molar-refractivity contribution in [3.63, 3.8) is 0 Å². The molecule has 0 spiro atoms. The smallest absolute Gasteiger partial charge is 0.321 e. The van der Waals surface area contributed by atoms with Crippen molar-refractivity contribution in [3.8, 4) is 5.75 Å². The van der Waals surface area contributed by atoms with Crippen LogP contribution in [0.1, 0.15) is 18.4 Å². The van der Waals surface area contributed by atoms with Crippen LogP contribution in [0.15, 0.2) is 54.6 Å².